The molecule has 0 N–H and O–H groups in total. The molecule has 0 radical (unpaired) electrons. The number of esters is 1. The number of ether oxygens (including phenoxy) is 1. The van der Waals surface area contributed by atoms with Gasteiger partial charge < -0.3 is 4.74 Å². The highest BCUT2D eigenvalue weighted by Gasteiger charge is 2.18. The molecule has 1 aliphatic rings. The monoisotopic (exact) mass is 349 g/mol. The van der Waals surface area contributed by atoms with Gasteiger partial charge in [0.15, 0.2) is 12.4 Å². The molecule has 90 valence electrons. The molecule has 6 nitrogen and oxygen atoms in total. The number of carbonyl (C=O) groups is 2. The van der Waals surface area contributed by atoms with E-state index in [9.17, 15) is 19.7 Å². The molecule has 2 rings (SSSR count). The lowest BCUT2D eigenvalue weighted by Crippen LogP contribution is -1.91. The molecule has 0 atom stereocenters. The van der Waals surface area contributed by atoms with Crippen molar-refractivity contribution in [1.82, 2.24) is 0 Å². The van der Waals surface area contributed by atoms with E-state index in [0.29, 0.717) is 3.57 Å². The van der Waals surface area contributed by atoms with Crippen molar-refractivity contribution >= 4 is 40.0 Å². The number of nitrogens with zero attached hydrogens (tertiary/aromatic N) is 1. The van der Waals surface area contributed by atoms with E-state index in [1.807, 2.05) is 22.6 Å². The van der Waals surface area contributed by atoms with Crippen molar-refractivity contribution in [3.05, 3.63) is 37.9 Å². The second kappa shape index (κ2) is 6.28. The summed E-state index contributed by atoms with van der Waals surface area (Å²) in [4.78, 5) is 30.0. The average Bonchev–Trinajstić information content (AvgIpc) is 2.63. The Morgan fingerprint density at radius 1 is 1.29 bits per heavy atom. The van der Waals surface area contributed by atoms with Gasteiger partial charge in [0.05, 0.1) is 8.49 Å². The van der Waals surface area contributed by atoms with Crippen LogP contribution in [0.2, 0.25) is 0 Å². The average molecular weight is 349 g/mol. The van der Waals surface area contributed by atoms with E-state index >= 15 is 0 Å². The summed E-state index contributed by atoms with van der Waals surface area (Å²) in [5.74, 6) is -0.519. The van der Waals surface area contributed by atoms with Crippen LogP contribution in [0.3, 0.4) is 0 Å². The predicted molar refractivity (Wildman–Crippen MR) is 66.4 cm³/mol. The zero-order valence-corrected chi connectivity index (χ0v) is 10.7. The first kappa shape index (κ1) is 13.6. The van der Waals surface area contributed by atoms with Crippen molar-refractivity contribution in [2.24, 2.45) is 0 Å². The highest BCUT2D eigenvalue weighted by molar-refractivity contribution is 14.1. The van der Waals surface area contributed by atoms with Crippen LogP contribution >= 0.6 is 22.6 Å². The quantitative estimate of drug-likeness (QED) is 0.253. The number of cyclic esters (lactones) is 1. The Bertz CT molecular complexity index is 446. The topological polar surface area (TPSA) is 86.5 Å². The van der Waals surface area contributed by atoms with Crippen LogP contribution in [0.5, 0.6) is 0 Å². The number of rotatable bonds is 1. The van der Waals surface area contributed by atoms with Gasteiger partial charge in [-0.15, -0.1) is 0 Å². The maximum atomic E-state index is 10.2. The normalized spacial score (nSPS) is 13.7. The number of halogens is 1. The summed E-state index contributed by atoms with van der Waals surface area (Å²) in [5, 5.41) is 10.2. The standard InChI is InChI=1S/C6H4INO2.C4H4O3/c7-5-3-1-2-4-6(5)8(9)10;5-3-1-4(6)7-2-3/h1-4H;1-2H2. The van der Waals surface area contributed by atoms with E-state index < -0.39 is 5.97 Å². The summed E-state index contributed by atoms with van der Waals surface area (Å²) in [6.45, 7) is -0.0150. The molecule has 0 saturated carbocycles. The molecule has 0 aromatic heterocycles. The smallest absolute Gasteiger partial charge is 0.313 e. The molecule has 1 aromatic carbocycles. The molecule has 1 saturated heterocycles. The van der Waals surface area contributed by atoms with Crippen molar-refractivity contribution < 1.29 is 19.2 Å². The summed E-state index contributed by atoms with van der Waals surface area (Å²) < 4.78 is 4.95. The van der Waals surface area contributed by atoms with Crippen LogP contribution in [0.15, 0.2) is 24.3 Å². The van der Waals surface area contributed by atoms with E-state index in [-0.39, 0.29) is 29.4 Å². The van der Waals surface area contributed by atoms with Crippen molar-refractivity contribution in [1.29, 1.82) is 0 Å². The van der Waals surface area contributed by atoms with Crippen molar-refractivity contribution in [3.8, 4) is 0 Å². The fourth-order valence-corrected chi connectivity index (χ4v) is 1.61. The highest BCUT2D eigenvalue weighted by Crippen LogP contribution is 2.18. The molecule has 0 bridgehead atoms. The van der Waals surface area contributed by atoms with Crippen LogP contribution < -0.4 is 0 Å². The number of ketones is 1. The number of para-hydroxylation sites is 1. The number of benzene rings is 1. The van der Waals surface area contributed by atoms with E-state index in [1.165, 1.54) is 6.07 Å². The van der Waals surface area contributed by atoms with Crippen LogP contribution in [-0.4, -0.2) is 23.3 Å². The number of nitro benzene ring substituents is 1. The molecule has 1 heterocycles. The van der Waals surface area contributed by atoms with E-state index in [1.54, 1.807) is 18.2 Å². The zero-order chi connectivity index (χ0) is 12.8. The minimum Gasteiger partial charge on any atom is -0.457 e. The van der Waals surface area contributed by atoms with Crippen LogP contribution in [0, 0.1) is 13.7 Å². The Morgan fingerprint density at radius 2 is 1.94 bits per heavy atom. The lowest BCUT2D eigenvalue weighted by molar-refractivity contribution is -0.385. The maximum Gasteiger partial charge on any atom is 0.313 e. The minimum absolute atomic E-state index is 0.0150. The van der Waals surface area contributed by atoms with Crippen molar-refractivity contribution in [3.63, 3.8) is 0 Å². The van der Waals surface area contributed by atoms with Gasteiger partial charge in [-0.25, -0.2) is 0 Å². The van der Waals surface area contributed by atoms with Gasteiger partial charge in [-0.3, -0.25) is 19.7 Å². The molecule has 17 heavy (non-hydrogen) atoms. The number of hydrogen-bond acceptors (Lipinski definition) is 5. The van der Waals surface area contributed by atoms with Gasteiger partial charge in [0.2, 0.25) is 0 Å². The molecule has 1 aliphatic heterocycles. The minimum atomic E-state index is -0.398. The summed E-state index contributed by atoms with van der Waals surface area (Å²) >= 11 is 1.93. The Kier molecular flexibility index (Phi) is 5.01. The third-order valence-electron chi connectivity index (χ3n) is 1.78. The van der Waals surface area contributed by atoms with Gasteiger partial charge in [0, 0.05) is 6.07 Å². The third-order valence-corrected chi connectivity index (χ3v) is 2.70. The van der Waals surface area contributed by atoms with Gasteiger partial charge in [-0.05, 0) is 28.7 Å². The lowest BCUT2D eigenvalue weighted by Gasteiger charge is -1.91. The van der Waals surface area contributed by atoms with E-state index in [2.05, 4.69) is 4.74 Å². The molecule has 1 fully saturated rings. The first-order valence-corrected chi connectivity index (χ1v) is 5.65. The summed E-state index contributed by atoms with van der Waals surface area (Å²) in [6.07, 6.45) is -0.0278. The Labute approximate surface area is 110 Å². The number of carbonyl (C=O) groups excluding carboxylic acids is 2. The highest BCUT2D eigenvalue weighted by atomic mass is 127. The first-order valence-electron chi connectivity index (χ1n) is 4.57. The maximum absolute atomic E-state index is 10.2. The Balaban J connectivity index is 0.000000181. The number of nitro groups is 1. The molecule has 0 aliphatic carbocycles. The molecule has 1 aromatic rings. The van der Waals surface area contributed by atoms with Crippen molar-refractivity contribution in [2.45, 2.75) is 6.42 Å². The molecular formula is C10H8INO5. The SMILES string of the molecule is O=C1COC(=O)C1.O=[N+]([O-])c1ccccc1I. The summed E-state index contributed by atoms with van der Waals surface area (Å²) in [5.41, 5.74) is 0.170. The molecule has 0 spiro atoms. The third kappa shape index (κ3) is 4.47. The van der Waals surface area contributed by atoms with Gasteiger partial charge in [-0.1, -0.05) is 12.1 Å². The van der Waals surface area contributed by atoms with Crippen LogP contribution in [0.1, 0.15) is 6.42 Å². The summed E-state index contributed by atoms with van der Waals surface area (Å²) in [6, 6.07) is 6.62. The number of hydrogen-bond donors (Lipinski definition) is 0. The Hall–Kier alpha value is -1.51. The molecular weight excluding hydrogens is 341 g/mol. The first-order chi connectivity index (χ1) is 8.00. The van der Waals surface area contributed by atoms with Gasteiger partial charge in [0.1, 0.15) is 6.42 Å². The van der Waals surface area contributed by atoms with Crippen LogP contribution in [0.25, 0.3) is 0 Å². The fourth-order valence-electron chi connectivity index (χ4n) is 1.02. The molecule has 0 amide bonds. The Morgan fingerprint density at radius 3 is 2.24 bits per heavy atom. The van der Waals surface area contributed by atoms with E-state index in [4.69, 9.17) is 0 Å². The lowest BCUT2D eigenvalue weighted by atomic mass is 10.3. The molecule has 7 heteroatoms. The van der Waals surface area contributed by atoms with Crippen molar-refractivity contribution in [2.75, 3.05) is 6.61 Å². The summed E-state index contributed by atoms with van der Waals surface area (Å²) in [7, 11) is 0. The largest absolute Gasteiger partial charge is 0.457 e. The second-order valence-electron chi connectivity index (χ2n) is 3.08. The van der Waals surface area contributed by atoms with Gasteiger partial charge in [-0.2, -0.15) is 0 Å². The predicted octanol–water partition coefficient (Wildman–Crippen LogP) is 1.70. The van der Waals surface area contributed by atoms with Gasteiger partial charge >= 0.3 is 5.97 Å². The number of Topliss-reactive ketones (excluding diaryl/α,β-unsaturated/α-hetero) is 1. The second-order valence-corrected chi connectivity index (χ2v) is 4.25. The van der Waals surface area contributed by atoms with Crippen LogP contribution in [0.4, 0.5) is 5.69 Å². The van der Waals surface area contributed by atoms with E-state index in [0.717, 1.165) is 0 Å². The fraction of sp³-hybridized carbons (Fsp3) is 0.200. The van der Waals surface area contributed by atoms with Crippen LogP contribution in [-0.2, 0) is 14.3 Å². The zero-order valence-electron chi connectivity index (χ0n) is 8.59. The van der Waals surface area contributed by atoms with Gasteiger partial charge in [0.25, 0.3) is 5.69 Å². The molecule has 0 unspecified atom stereocenters.